The van der Waals surface area contributed by atoms with Crippen molar-refractivity contribution >= 4 is 5.91 Å². The maximum Gasteiger partial charge on any atom is 0.252 e. The van der Waals surface area contributed by atoms with Gasteiger partial charge in [-0.15, -0.1) is 0 Å². The minimum atomic E-state index is 0.00870. The van der Waals surface area contributed by atoms with Gasteiger partial charge in [0.25, 0.3) is 5.91 Å². The van der Waals surface area contributed by atoms with Gasteiger partial charge in [0, 0.05) is 5.56 Å². The Kier molecular flexibility index (Phi) is 3.02. The standard InChI is InChI=1S/C12H16N2O/c1-9-4-6-10(7-5-9)12(15)14-11-3-2-8-13-11/h4-7,11,13H,2-3,8H2,1H3,(H,14,15). The van der Waals surface area contributed by atoms with Crippen molar-refractivity contribution in [2.75, 3.05) is 6.54 Å². The third kappa shape index (κ3) is 2.57. The van der Waals surface area contributed by atoms with Crippen molar-refractivity contribution in [3.8, 4) is 0 Å². The second kappa shape index (κ2) is 4.45. The van der Waals surface area contributed by atoms with Crippen molar-refractivity contribution in [1.82, 2.24) is 10.6 Å². The number of amides is 1. The first-order valence-corrected chi connectivity index (χ1v) is 5.36. The van der Waals surface area contributed by atoms with Crippen molar-refractivity contribution < 1.29 is 4.79 Å². The van der Waals surface area contributed by atoms with E-state index in [1.807, 2.05) is 31.2 Å². The molecule has 80 valence electrons. The topological polar surface area (TPSA) is 41.1 Å². The van der Waals surface area contributed by atoms with Gasteiger partial charge >= 0.3 is 0 Å². The zero-order valence-electron chi connectivity index (χ0n) is 8.92. The Bertz CT molecular complexity index is 339. The van der Waals surface area contributed by atoms with E-state index < -0.39 is 0 Å². The van der Waals surface area contributed by atoms with Gasteiger partial charge in [-0.2, -0.15) is 0 Å². The van der Waals surface area contributed by atoms with E-state index in [0.29, 0.717) is 0 Å². The van der Waals surface area contributed by atoms with Crippen LogP contribution in [0.1, 0.15) is 28.8 Å². The van der Waals surface area contributed by atoms with Crippen LogP contribution in [0.5, 0.6) is 0 Å². The van der Waals surface area contributed by atoms with E-state index in [1.165, 1.54) is 5.56 Å². The Hall–Kier alpha value is -1.35. The highest BCUT2D eigenvalue weighted by Gasteiger charge is 2.16. The van der Waals surface area contributed by atoms with Crippen LogP contribution in [0.4, 0.5) is 0 Å². The van der Waals surface area contributed by atoms with Gasteiger partial charge < -0.3 is 5.32 Å². The van der Waals surface area contributed by atoms with Crippen LogP contribution in [-0.4, -0.2) is 18.6 Å². The Labute approximate surface area is 89.9 Å². The number of carbonyl (C=O) groups excluding carboxylic acids is 1. The van der Waals surface area contributed by atoms with Gasteiger partial charge in [-0.25, -0.2) is 0 Å². The highest BCUT2D eigenvalue weighted by Crippen LogP contribution is 2.06. The molecule has 1 fully saturated rings. The minimum Gasteiger partial charge on any atom is -0.337 e. The molecule has 2 rings (SSSR count). The Morgan fingerprint density at radius 2 is 2.13 bits per heavy atom. The Balaban J connectivity index is 1.98. The third-order valence-corrected chi connectivity index (χ3v) is 2.68. The molecule has 1 heterocycles. The first-order valence-electron chi connectivity index (χ1n) is 5.36. The molecular formula is C12H16N2O. The fourth-order valence-corrected chi connectivity index (χ4v) is 1.75. The molecule has 0 spiro atoms. The van der Waals surface area contributed by atoms with Gasteiger partial charge in [-0.05, 0) is 38.4 Å². The van der Waals surface area contributed by atoms with Gasteiger partial charge in [0.05, 0.1) is 6.17 Å². The number of aryl methyl sites for hydroxylation is 1. The van der Waals surface area contributed by atoms with E-state index in [-0.39, 0.29) is 12.1 Å². The van der Waals surface area contributed by atoms with Gasteiger partial charge in [0.2, 0.25) is 0 Å². The molecule has 1 saturated heterocycles. The summed E-state index contributed by atoms with van der Waals surface area (Å²) in [7, 11) is 0. The summed E-state index contributed by atoms with van der Waals surface area (Å²) >= 11 is 0. The molecule has 3 nitrogen and oxygen atoms in total. The van der Waals surface area contributed by atoms with Crippen LogP contribution >= 0.6 is 0 Å². The highest BCUT2D eigenvalue weighted by atomic mass is 16.1. The summed E-state index contributed by atoms with van der Waals surface area (Å²) in [5.41, 5.74) is 1.90. The van der Waals surface area contributed by atoms with E-state index in [4.69, 9.17) is 0 Å². The van der Waals surface area contributed by atoms with Crippen LogP contribution in [0.3, 0.4) is 0 Å². The predicted octanol–water partition coefficient (Wildman–Crippen LogP) is 1.43. The molecule has 0 saturated carbocycles. The lowest BCUT2D eigenvalue weighted by molar-refractivity contribution is 0.0934. The lowest BCUT2D eigenvalue weighted by Gasteiger charge is -2.12. The summed E-state index contributed by atoms with van der Waals surface area (Å²) in [4.78, 5) is 11.8. The van der Waals surface area contributed by atoms with Crippen LogP contribution in [-0.2, 0) is 0 Å². The van der Waals surface area contributed by atoms with E-state index in [9.17, 15) is 4.79 Å². The van der Waals surface area contributed by atoms with E-state index in [0.717, 1.165) is 24.9 Å². The first kappa shape index (κ1) is 10.2. The SMILES string of the molecule is Cc1ccc(C(=O)NC2CCCN2)cc1. The van der Waals surface area contributed by atoms with Gasteiger partial charge in [-0.3, -0.25) is 10.1 Å². The summed E-state index contributed by atoms with van der Waals surface area (Å²) in [6, 6.07) is 7.63. The molecule has 0 aromatic heterocycles. The Morgan fingerprint density at radius 3 is 2.73 bits per heavy atom. The van der Waals surface area contributed by atoms with Crippen LogP contribution in [0.15, 0.2) is 24.3 Å². The van der Waals surface area contributed by atoms with Crippen LogP contribution in [0.25, 0.3) is 0 Å². The second-order valence-electron chi connectivity index (χ2n) is 3.99. The molecule has 1 aliphatic heterocycles. The number of hydrogen-bond donors (Lipinski definition) is 2. The van der Waals surface area contributed by atoms with Crippen molar-refractivity contribution in [2.45, 2.75) is 25.9 Å². The van der Waals surface area contributed by atoms with E-state index in [2.05, 4.69) is 10.6 Å². The molecule has 0 aliphatic carbocycles. The number of benzene rings is 1. The molecule has 1 atom stereocenters. The number of hydrogen-bond acceptors (Lipinski definition) is 2. The van der Waals surface area contributed by atoms with Crippen molar-refractivity contribution in [1.29, 1.82) is 0 Å². The fraction of sp³-hybridized carbons (Fsp3) is 0.417. The van der Waals surface area contributed by atoms with Gasteiger partial charge in [-0.1, -0.05) is 17.7 Å². The van der Waals surface area contributed by atoms with Gasteiger partial charge in [0.15, 0.2) is 0 Å². The number of carbonyl (C=O) groups is 1. The maximum absolute atomic E-state index is 11.8. The molecule has 1 aliphatic rings. The number of nitrogens with one attached hydrogen (secondary N) is 2. The quantitative estimate of drug-likeness (QED) is 0.765. The Morgan fingerprint density at radius 1 is 1.40 bits per heavy atom. The monoisotopic (exact) mass is 204 g/mol. The molecule has 1 aromatic carbocycles. The summed E-state index contributed by atoms with van der Waals surface area (Å²) in [6.07, 6.45) is 2.31. The molecule has 0 radical (unpaired) electrons. The molecule has 0 bridgehead atoms. The van der Waals surface area contributed by atoms with Crippen LogP contribution in [0, 0.1) is 6.92 Å². The van der Waals surface area contributed by atoms with Crippen molar-refractivity contribution in [2.24, 2.45) is 0 Å². The average Bonchev–Trinajstić information content (AvgIpc) is 2.71. The second-order valence-corrected chi connectivity index (χ2v) is 3.99. The minimum absolute atomic E-state index is 0.00870. The lowest BCUT2D eigenvalue weighted by Crippen LogP contribution is -2.41. The maximum atomic E-state index is 11.8. The molecule has 1 amide bonds. The van der Waals surface area contributed by atoms with E-state index >= 15 is 0 Å². The molecule has 1 unspecified atom stereocenters. The molecule has 15 heavy (non-hydrogen) atoms. The zero-order chi connectivity index (χ0) is 10.7. The molecule has 2 N–H and O–H groups in total. The molecular weight excluding hydrogens is 188 g/mol. The summed E-state index contributed by atoms with van der Waals surface area (Å²) in [6.45, 7) is 3.01. The predicted molar refractivity (Wildman–Crippen MR) is 59.7 cm³/mol. The largest absolute Gasteiger partial charge is 0.337 e. The fourth-order valence-electron chi connectivity index (χ4n) is 1.75. The van der Waals surface area contributed by atoms with Crippen molar-refractivity contribution in [3.05, 3.63) is 35.4 Å². The molecule has 1 aromatic rings. The van der Waals surface area contributed by atoms with Crippen molar-refractivity contribution in [3.63, 3.8) is 0 Å². The normalized spacial score (nSPS) is 20.2. The first-order chi connectivity index (χ1) is 7.25. The van der Waals surface area contributed by atoms with E-state index in [1.54, 1.807) is 0 Å². The summed E-state index contributed by atoms with van der Waals surface area (Å²) in [5.74, 6) is 0.00870. The van der Waals surface area contributed by atoms with Gasteiger partial charge in [0.1, 0.15) is 0 Å². The third-order valence-electron chi connectivity index (χ3n) is 2.68. The van der Waals surface area contributed by atoms with Crippen LogP contribution in [0.2, 0.25) is 0 Å². The average molecular weight is 204 g/mol. The highest BCUT2D eigenvalue weighted by molar-refractivity contribution is 5.94. The molecule has 3 heteroatoms. The number of rotatable bonds is 2. The summed E-state index contributed by atoms with van der Waals surface area (Å²) in [5, 5.41) is 6.20. The zero-order valence-corrected chi connectivity index (χ0v) is 8.92. The summed E-state index contributed by atoms with van der Waals surface area (Å²) < 4.78 is 0. The lowest BCUT2D eigenvalue weighted by atomic mass is 10.1. The van der Waals surface area contributed by atoms with Crippen LogP contribution < -0.4 is 10.6 Å². The smallest absolute Gasteiger partial charge is 0.252 e.